The summed E-state index contributed by atoms with van der Waals surface area (Å²) in [6, 6.07) is 1.92. The first-order valence-electron chi connectivity index (χ1n) is 7.60. The third kappa shape index (κ3) is 3.42. The Hall–Kier alpha value is -1.04. The average molecular weight is 313 g/mol. The van der Waals surface area contributed by atoms with Gasteiger partial charge < -0.3 is 14.1 Å². The number of rotatable bonds is 3. The number of hydrogen-bond donors (Lipinski definition) is 0. The highest BCUT2D eigenvalue weighted by atomic mass is 35.5. The third-order valence-corrected chi connectivity index (χ3v) is 4.60. The number of carbonyl (C=O) groups excluding carboxylic acids is 1. The van der Waals surface area contributed by atoms with Gasteiger partial charge in [-0.2, -0.15) is 0 Å². The van der Waals surface area contributed by atoms with E-state index in [1.54, 1.807) is 6.07 Å². The Morgan fingerprint density at radius 3 is 2.81 bits per heavy atom. The number of carbonyl (C=O) groups is 1. The molecule has 21 heavy (non-hydrogen) atoms. The first kappa shape index (κ1) is 14.9. The van der Waals surface area contributed by atoms with Crippen molar-refractivity contribution in [1.82, 2.24) is 9.80 Å². The van der Waals surface area contributed by atoms with Crippen molar-refractivity contribution in [3.63, 3.8) is 0 Å². The fraction of sp³-hybridized carbons (Fsp3) is 0.667. The monoisotopic (exact) mass is 312 g/mol. The molecule has 1 aromatic heterocycles. The summed E-state index contributed by atoms with van der Waals surface area (Å²) in [6.07, 6.45) is 4.76. The molecular weight excluding hydrogens is 292 g/mol. The molecule has 0 saturated carbocycles. The molecule has 0 bridgehead atoms. The van der Waals surface area contributed by atoms with Gasteiger partial charge in [0.25, 0.3) is 5.91 Å². The van der Waals surface area contributed by atoms with Crippen molar-refractivity contribution in [2.45, 2.75) is 25.3 Å². The van der Waals surface area contributed by atoms with Gasteiger partial charge in [0, 0.05) is 32.2 Å². The number of piperidine rings is 1. The van der Waals surface area contributed by atoms with E-state index < -0.39 is 0 Å². The Kier molecular flexibility index (Phi) is 4.83. The average Bonchev–Trinajstić information content (AvgIpc) is 2.94. The second kappa shape index (κ2) is 6.81. The first-order valence-corrected chi connectivity index (χ1v) is 7.97. The van der Waals surface area contributed by atoms with E-state index in [2.05, 4.69) is 4.90 Å². The molecule has 6 heteroatoms. The Morgan fingerprint density at radius 1 is 1.29 bits per heavy atom. The summed E-state index contributed by atoms with van der Waals surface area (Å²) in [5, 5.41) is 0.190. The maximum Gasteiger partial charge on any atom is 0.259 e. The van der Waals surface area contributed by atoms with Gasteiger partial charge >= 0.3 is 0 Å². The van der Waals surface area contributed by atoms with Crippen LogP contribution in [0.1, 0.15) is 29.6 Å². The van der Waals surface area contributed by atoms with E-state index in [0.29, 0.717) is 5.56 Å². The van der Waals surface area contributed by atoms with E-state index in [-0.39, 0.29) is 17.2 Å². The molecule has 2 saturated heterocycles. The molecule has 5 nitrogen and oxygen atoms in total. The van der Waals surface area contributed by atoms with Crippen LogP contribution in [-0.2, 0) is 4.74 Å². The van der Waals surface area contributed by atoms with Crippen LogP contribution < -0.4 is 0 Å². The minimum atomic E-state index is -0.00768. The third-order valence-electron chi connectivity index (χ3n) is 4.31. The Balaban J connectivity index is 1.69. The quantitative estimate of drug-likeness (QED) is 0.859. The molecule has 0 radical (unpaired) electrons. The standard InChI is InChI=1S/C15H21ClN2O3/c16-14-13(4-8-21-14)15(19)18-5-2-1-3-12(18)11-17-6-9-20-10-7-17/h4,8,12H,1-3,5-7,9-11H2/t12-/m0/s1. The van der Waals surface area contributed by atoms with Crippen molar-refractivity contribution >= 4 is 17.5 Å². The predicted molar refractivity (Wildman–Crippen MR) is 79.7 cm³/mol. The van der Waals surface area contributed by atoms with Crippen LogP contribution in [0.2, 0.25) is 5.22 Å². The van der Waals surface area contributed by atoms with Gasteiger partial charge in [-0.1, -0.05) is 0 Å². The van der Waals surface area contributed by atoms with Crippen molar-refractivity contribution in [3.05, 3.63) is 23.1 Å². The van der Waals surface area contributed by atoms with Crippen LogP contribution in [0, 0.1) is 0 Å². The first-order chi connectivity index (χ1) is 10.3. The van der Waals surface area contributed by atoms with E-state index in [9.17, 15) is 4.79 Å². The molecule has 3 rings (SSSR count). The number of amides is 1. The second-order valence-corrected chi connectivity index (χ2v) is 6.01. The zero-order valence-electron chi connectivity index (χ0n) is 12.1. The molecule has 1 atom stereocenters. The van der Waals surface area contributed by atoms with E-state index in [1.807, 2.05) is 4.90 Å². The molecule has 2 aliphatic rings. The number of halogens is 1. The topological polar surface area (TPSA) is 45.9 Å². The van der Waals surface area contributed by atoms with Gasteiger partial charge in [0.1, 0.15) is 0 Å². The van der Waals surface area contributed by atoms with Gasteiger partial charge in [0.2, 0.25) is 5.22 Å². The lowest BCUT2D eigenvalue weighted by molar-refractivity contribution is 0.0166. The summed E-state index contributed by atoms with van der Waals surface area (Å²) in [6.45, 7) is 5.19. The van der Waals surface area contributed by atoms with Crippen LogP contribution in [0.3, 0.4) is 0 Å². The van der Waals surface area contributed by atoms with Gasteiger partial charge in [-0.05, 0) is 36.9 Å². The van der Waals surface area contributed by atoms with Crippen LogP contribution in [0.5, 0.6) is 0 Å². The Labute approximate surface area is 129 Å². The number of morpholine rings is 1. The molecule has 0 aliphatic carbocycles. The van der Waals surface area contributed by atoms with Crippen LogP contribution in [0.15, 0.2) is 16.7 Å². The van der Waals surface area contributed by atoms with Crippen LogP contribution in [0.25, 0.3) is 0 Å². The molecule has 0 N–H and O–H groups in total. The van der Waals surface area contributed by atoms with Crippen molar-refractivity contribution in [1.29, 1.82) is 0 Å². The molecule has 0 unspecified atom stereocenters. The number of ether oxygens (including phenoxy) is 1. The summed E-state index contributed by atoms with van der Waals surface area (Å²) in [5.74, 6) is -0.00768. The molecule has 2 fully saturated rings. The smallest absolute Gasteiger partial charge is 0.259 e. The summed E-state index contributed by atoms with van der Waals surface area (Å²) >= 11 is 5.95. The van der Waals surface area contributed by atoms with Crippen molar-refractivity contribution in [2.24, 2.45) is 0 Å². The second-order valence-electron chi connectivity index (χ2n) is 5.67. The van der Waals surface area contributed by atoms with E-state index >= 15 is 0 Å². The van der Waals surface area contributed by atoms with E-state index in [4.69, 9.17) is 20.8 Å². The van der Waals surface area contributed by atoms with Gasteiger partial charge in [-0.3, -0.25) is 9.69 Å². The molecule has 2 aliphatic heterocycles. The Morgan fingerprint density at radius 2 is 2.10 bits per heavy atom. The van der Waals surface area contributed by atoms with E-state index in [0.717, 1.165) is 52.2 Å². The summed E-state index contributed by atoms with van der Waals surface area (Å²) in [7, 11) is 0. The molecule has 116 valence electrons. The van der Waals surface area contributed by atoms with Crippen LogP contribution in [-0.4, -0.2) is 61.1 Å². The molecule has 0 aromatic carbocycles. The zero-order valence-corrected chi connectivity index (χ0v) is 12.8. The van der Waals surface area contributed by atoms with Crippen LogP contribution in [0.4, 0.5) is 0 Å². The van der Waals surface area contributed by atoms with Gasteiger partial charge in [0.15, 0.2) is 0 Å². The lowest BCUT2D eigenvalue weighted by Crippen LogP contribution is -2.51. The largest absolute Gasteiger partial charge is 0.452 e. The van der Waals surface area contributed by atoms with Crippen molar-refractivity contribution in [2.75, 3.05) is 39.4 Å². The fourth-order valence-corrected chi connectivity index (χ4v) is 3.34. The Bertz CT molecular complexity index is 485. The van der Waals surface area contributed by atoms with Gasteiger partial charge in [-0.25, -0.2) is 0 Å². The van der Waals surface area contributed by atoms with Gasteiger partial charge in [0.05, 0.1) is 25.0 Å². The molecule has 3 heterocycles. The molecular formula is C15H21ClN2O3. The lowest BCUT2D eigenvalue weighted by Gasteiger charge is -2.39. The van der Waals surface area contributed by atoms with Crippen molar-refractivity contribution < 1.29 is 13.9 Å². The molecule has 1 aromatic rings. The highest BCUT2D eigenvalue weighted by Crippen LogP contribution is 2.24. The minimum Gasteiger partial charge on any atom is -0.452 e. The molecule has 0 spiro atoms. The SMILES string of the molecule is O=C(c1ccoc1Cl)N1CCCC[C@H]1CN1CCOCC1. The molecule has 1 amide bonds. The normalized spacial score (nSPS) is 24.2. The summed E-state index contributed by atoms with van der Waals surface area (Å²) < 4.78 is 10.4. The lowest BCUT2D eigenvalue weighted by atomic mass is 10.0. The fourth-order valence-electron chi connectivity index (χ4n) is 3.14. The summed E-state index contributed by atoms with van der Waals surface area (Å²) in [5.41, 5.74) is 0.477. The maximum atomic E-state index is 12.7. The number of furan rings is 1. The predicted octanol–water partition coefficient (Wildman–Crippen LogP) is 2.26. The van der Waals surface area contributed by atoms with Gasteiger partial charge in [-0.15, -0.1) is 0 Å². The number of likely N-dealkylation sites (tertiary alicyclic amines) is 1. The number of hydrogen-bond acceptors (Lipinski definition) is 4. The maximum absolute atomic E-state index is 12.7. The zero-order chi connectivity index (χ0) is 14.7. The van der Waals surface area contributed by atoms with Crippen LogP contribution >= 0.6 is 11.6 Å². The highest BCUT2D eigenvalue weighted by molar-refractivity contribution is 6.32. The highest BCUT2D eigenvalue weighted by Gasteiger charge is 2.30. The van der Waals surface area contributed by atoms with Crippen molar-refractivity contribution in [3.8, 4) is 0 Å². The number of nitrogens with zero attached hydrogens (tertiary/aromatic N) is 2. The van der Waals surface area contributed by atoms with E-state index in [1.165, 1.54) is 12.7 Å². The summed E-state index contributed by atoms with van der Waals surface area (Å²) in [4.78, 5) is 17.0. The minimum absolute atomic E-state index is 0.00768.